The van der Waals surface area contributed by atoms with Gasteiger partial charge in [-0.1, -0.05) is 12.2 Å². The molecule has 0 spiro atoms. The van der Waals surface area contributed by atoms with Gasteiger partial charge in [0.2, 0.25) is 0 Å². The van der Waals surface area contributed by atoms with Crippen molar-refractivity contribution >= 4 is 0 Å². The molecule has 1 aliphatic rings. The molecule has 0 fully saturated rings. The van der Waals surface area contributed by atoms with Gasteiger partial charge >= 0.3 is 0 Å². The molecule has 1 heteroatoms. The molecule has 0 heterocycles. The molecular formula is C10H19N. The summed E-state index contributed by atoms with van der Waals surface area (Å²) in [5.41, 5.74) is 5.69. The number of hydrogen-bond acceptors (Lipinski definition) is 1. The minimum Gasteiger partial charge on any atom is -0.328 e. The van der Waals surface area contributed by atoms with Crippen LogP contribution in [0.4, 0.5) is 0 Å². The van der Waals surface area contributed by atoms with Crippen molar-refractivity contribution in [2.75, 3.05) is 0 Å². The Morgan fingerprint density at radius 3 is 2.91 bits per heavy atom. The summed E-state index contributed by atoms with van der Waals surface area (Å²) in [7, 11) is 0. The Bertz CT molecular complexity index is 127. The van der Waals surface area contributed by atoms with Gasteiger partial charge < -0.3 is 5.73 Å². The van der Waals surface area contributed by atoms with Crippen LogP contribution in [0.25, 0.3) is 0 Å². The number of hydrogen-bond donors (Lipinski definition) is 1. The molecule has 2 N–H and O–H groups in total. The molecule has 1 nitrogen and oxygen atoms in total. The van der Waals surface area contributed by atoms with Crippen LogP contribution in [0.3, 0.4) is 0 Å². The van der Waals surface area contributed by atoms with Crippen LogP contribution in [-0.2, 0) is 0 Å². The van der Waals surface area contributed by atoms with Gasteiger partial charge in [-0.3, -0.25) is 0 Å². The maximum absolute atomic E-state index is 5.69. The molecule has 1 unspecified atom stereocenters. The first-order valence-corrected chi connectivity index (χ1v) is 4.69. The lowest BCUT2D eigenvalue weighted by atomic mass is 9.89. The van der Waals surface area contributed by atoms with Crippen LogP contribution < -0.4 is 5.73 Å². The summed E-state index contributed by atoms with van der Waals surface area (Å²) in [6.45, 7) is 2.10. The predicted octanol–water partition coefficient (Wildman–Crippen LogP) is 2.47. The fourth-order valence-corrected chi connectivity index (χ4v) is 1.62. The van der Waals surface area contributed by atoms with E-state index in [2.05, 4.69) is 19.1 Å². The van der Waals surface area contributed by atoms with Crippen LogP contribution in [0.1, 0.15) is 39.0 Å². The Labute approximate surface area is 69.7 Å². The second kappa shape index (κ2) is 4.55. The van der Waals surface area contributed by atoms with Crippen LogP contribution in [0.15, 0.2) is 12.2 Å². The summed E-state index contributed by atoms with van der Waals surface area (Å²) in [5.74, 6) is 0.922. The van der Waals surface area contributed by atoms with Gasteiger partial charge in [0.05, 0.1) is 0 Å². The van der Waals surface area contributed by atoms with Crippen LogP contribution in [0, 0.1) is 5.92 Å². The molecule has 64 valence electrons. The summed E-state index contributed by atoms with van der Waals surface area (Å²) in [6, 6.07) is 0.390. The zero-order valence-corrected chi connectivity index (χ0v) is 7.42. The minimum atomic E-state index is 0.390. The summed E-state index contributed by atoms with van der Waals surface area (Å²) in [6.07, 6.45) is 11.1. The lowest BCUT2D eigenvalue weighted by Crippen LogP contribution is -2.16. The molecule has 0 aliphatic heterocycles. The Morgan fingerprint density at radius 2 is 2.36 bits per heavy atom. The Balaban J connectivity index is 2.11. The van der Waals surface area contributed by atoms with Crippen molar-refractivity contribution in [1.82, 2.24) is 0 Å². The summed E-state index contributed by atoms with van der Waals surface area (Å²) in [4.78, 5) is 0. The summed E-state index contributed by atoms with van der Waals surface area (Å²) >= 11 is 0. The smallest absolute Gasteiger partial charge is 0.00105 e. The Morgan fingerprint density at radius 1 is 1.55 bits per heavy atom. The van der Waals surface area contributed by atoms with E-state index < -0.39 is 0 Å². The standard InChI is InChI=1S/C10H19N/c1-9(11)7-8-10-5-3-2-4-6-10/h2-3,9-10H,4-8,11H2,1H3/t9-,10?/m0/s1. The molecule has 0 aromatic rings. The van der Waals surface area contributed by atoms with E-state index in [1.54, 1.807) is 0 Å². The minimum absolute atomic E-state index is 0.390. The highest BCUT2D eigenvalue weighted by Gasteiger charge is 2.09. The van der Waals surface area contributed by atoms with Gasteiger partial charge in [-0.15, -0.1) is 0 Å². The van der Waals surface area contributed by atoms with Crippen molar-refractivity contribution in [2.24, 2.45) is 11.7 Å². The van der Waals surface area contributed by atoms with E-state index in [9.17, 15) is 0 Å². The van der Waals surface area contributed by atoms with E-state index in [-0.39, 0.29) is 0 Å². The van der Waals surface area contributed by atoms with Crippen molar-refractivity contribution in [3.63, 3.8) is 0 Å². The molecule has 11 heavy (non-hydrogen) atoms. The maximum Gasteiger partial charge on any atom is 0.00105 e. The normalized spacial score (nSPS) is 26.9. The maximum atomic E-state index is 5.69. The highest BCUT2D eigenvalue weighted by atomic mass is 14.6. The van der Waals surface area contributed by atoms with Gasteiger partial charge in [0.1, 0.15) is 0 Å². The van der Waals surface area contributed by atoms with Crippen molar-refractivity contribution in [3.8, 4) is 0 Å². The van der Waals surface area contributed by atoms with Crippen molar-refractivity contribution < 1.29 is 0 Å². The average Bonchev–Trinajstić information content (AvgIpc) is 2.03. The SMILES string of the molecule is C[C@H](N)CCC1CC=CCC1. The molecule has 0 aromatic heterocycles. The first kappa shape index (κ1) is 8.79. The van der Waals surface area contributed by atoms with Gasteiger partial charge in [-0.25, -0.2) is 0 Å². The number of rotatable bonds is 3. The number of allylic oxidation sites excluding steroid dienone is 2. The van der Waals surface area contributed by atoms with Gasteiger partial charge in [-0.2, -0.15) is 0 Å². The number of nitrogens with two attached hydrogens (primary N) is 1. The van der Waals surface area contributed by atoms with Crippen LogP contribution in [0.5, 0.6) is 0 Å². The molecule has 0 radical (unpaired) electrons. The highest BCUT2D eigenvalue weighted by Crippen LogP contribution is 2.22. The fraction of sp³-hybridized carbons (Fsp3) is 0.800. The van der Waals surface area contributed by atoms with Crippen LogP contribution in [-0.4, -0.2) is 6.04 Å². The van der Waals surface area contributed by atoms with E-state index in [0.29, 0.717) is 6.04 Å². The summed E-state index contributed by atoms with van der Waals surface area (Å²) < 4.78 is 0. The van der Waals surface area contributed by atoms with E-state index in [4.69, 9.17) is 5.73 Å². The average molecular weight is 153 g/mol. The van der Waals surface area contributed by atoms with Crippen molar-refractivity contribution in [3.05, 3.63) is 12.2 Å². The lowest BCUT2D eigenvalue weighted by molar-refractivity contribution is 0.415. The third-order valence-corrected chi connectivity index (χ3v) is 2.41. The zero-order chi connectivity index (χ0) is 8.10. The lowest BCUT2D eigenvalue weighted by Gasteiger charge is -2.18. The van der Waals surface area contributed by atoms with Gasteiger partial charge in [-0.05, 0) is 44.9 Å². The van der Waals surface area contributed by atoms with Gasteiger partial charge in [0.25, 0.3) is 0 Å². The molecular weight excluding hydrogens is 134 g/mol. The monoisotopic (exact) mass is 153 g/mol. The van der Waals surface area contributed by atoms with Crippen molar-refractivity contribution in [1.29, 1.82) is 0 Å². The second-order valence-corrected chi connectivity index (χ2v) is 3.71. The molecule has 0 saturated carbocycles. The third-order valence-electron chi connectivity index (χ3n) is 2.41. The topological polar surface area (TPSA) is 26.0 Å². The molecule has 0 saturated heterocycles. The van der Waals surface area contributed by atoms with Crippen LogP contribution in [0.2, 0.25) is 0 Å². The third kappa shape index (κ3) is 3.57. The largest absolute Gasteiger partial charge is 0.328 e. The zero-order valence-electron chi connectivity index (χ0n) is 7.42. The van der Waals surface area contributed by atoms with E-state index in [0.717, 1.165) is 5.92 Å². The first-order valence-electron chi connectivity index (χ1n) is 4.69. The first-order chi connectivity index (χ1) is 5.29. The van der Waals surface area contributed by atoms with E-state index in [1.807, 2.05) is 0 Å². The second-order valence-electron chi connectivity index (χ2n) is 3.71. The molecule has 0 aromatic carbocycles. The quantitative estimate of drug-likeness (QED) is 0.619. The Hall–Kier alpha value is -0.300. The molecule has 2 atom stereocenters. The summed E-state index contributed by atoms with van der Waals surface area (Å²) in [5, 5.41) is 0. The highest BCUT2D eigenvalue weighted by molar-refractivity contribution is 4.89. The fourth-order valence-electron chi connectivity index (χ4n) is 1.62. The predicted molar refractivity (Wildman–Crippen MR) is 49.4 cm³/mol. The molecule has 0 amide bonds. The Kier molecular flexibility index (Phi) is 3.64. The van der Waals surface area contributed by atoms with Gasteiger partial charge in [0, 0.05) is 6.04 Å². The van der Waals surface area contributed by atoms with Crippen molar-refractivity contribution in [2.45, 2.75) is 45.1 Å². The van der Waals surface area contributed by atoms with E-state index in [1.165, 1.54) is 32.1 Å². The molecule has 1 rings (SSSR count). The van der Waals surface area contributed by atoms with Gasteiger partial charge in [0.15, 0.2) is 0 Å². The molecule has 1 aliphatic carbocycles. The van der Waals surface area contributed by atoms with E-state index >= 15 is 0 Å². The molecule has 0 bridgehead atoms. The van der Waals surface area contributed by atoms with Crippen LogP contribution >= 0.6 is 0 Å².